The summed E-state index contributed by atoms with van der Waals surface area (Å²) in [6.07, 6.45) is 2.18. The fraction of sp³-hybridized carbons (Fsp3) is 0.350. The van der Waals surface area contributed by atoms with Crippen LogP contribution in [0.2, 0.25) is 0 Å². The normalized spacial score (nSPS) is 17.6. The van der Waals surface area contributed by atoms with E-state index in [1.165, 1.54) is 11.6 Å². The standard InChI is InChI=1S/C20H21FN2O/c1-2-24-18-9-7-16(8-10-18)20-4-3-11-23(20)14-17-6-5-15(13-22)12-19(17)21/h5-10,12,20H,2-4,11,14H2,1H3/t20-/m0/s1. The van der Waals surface area contributed by atoms with Crippen LogP contribution in [0.15, 0.2) is 42.5 Å². The first-order valence-corrected chi connectivity index (χ1v) is 8.36. The summed E-state index contributed by atoms with van der Waals surface area (Å²) in [5.74, 6) is 0.579. The molecule has 0 saturated carbocycles. The highest BCUT2D eigenvalue weighted by molar-refractivity contribution is 5.33. The molecule has 0 aliphatic carbocycles. The van der Waals surface area contributed by atoms with E-state index >= 15 is 0 Å². The van der Waals surface area contributed by atoms with Gasteiger partial charge >= 0.3 is 0 Å². The number of rotatable bonds is 5. The Morgan fingerprint density at radius 2 is 2.04 bits per heavy atom. The van der Waals surface area contributed by atoms with Crippen molar-refractivity contribution in [3.8, 4) is 11.8 Å². The molecule has 0 aromatic heterocycles. The van der Waals surface area contributed by atoms with Crippen LogP contribution >= 0.6 is 0 Å². The lowest BCUT2D eigenvalue weighted by Gasteiger charge is -2.25. The zero-order chi connectivity index (χ0) is 16.9. The molecular weight excluding hydrogens is 303 g/mol. The Morgan fingerprint density at radius 1 is 1.25 bits per heavy atom. The third-order valence-corrected chi connectivity index (χ3v) is 4.50. The Balaban J connectivity index is 1.75. The van der Waals surface area contributed by atoms with Gasteiger partial charge in [0.25, 0.3) is 0 Å². The minimum atomic E-state index is -0.300. The lowest BCUT2D eigenvalue weighted by atomic mass is 10.0. The lowest BCUT2D eigenvalue weighted by Crippen LogP contribution is -2.23. The number of hydrogen-bond acceptors (Lipinski definition) is 3. The van der Waals surface area contributed by atoms with Gasteiger partial charge in [0.05, 0.1) is 18.2 Å². The summed E-state index contributed by atoms with van der Waals surface area (Å²) >= 11 is 0. The third kappa shape index (κ3) is 3.58. The summed E-state index contributed by atoms with van der Waals surface area (Å²) in [5, 5.41) is 8.85. The highest BCUT2D eigenvalue weighted by atomic mass is 19.1. The molecule has 0 N–H and O–H groups in total. The smallest absolute Gasteiger partial charge is 0.129 e. The molecule has 1 atom stereocenters. The average Bonchev–Trinajstić information content (AvgIpc) is 3.06. The zero-order valence-electron chi connectivity index (χ0n) is 13.8. The van der Waals surface area contributed by atoms with Gasteiger partial charge in [-0.05, 0) is 56.1 Å². The summed E-state index contributed by atoms with van der Waals surface area (Å²) in [6.45, 7) is 4.15. The van der Waals surface area contributed by atoms with E-state index in [4.69, 9.17) is 10.00 Å². The Kier molecular flexibility index (Phi) is 5.12. The molecule has 1 saturated heterocycles. The average molecular weight is 324 g/mol. The van der Waals surface area contributed by atoms with E-state index in [2.05, 4.69) is 17.0 Å². The first-order chi connectivity index (χ1) is 11.7. The number of hydrogen-bond donors (Lipinski definition) is 0. The van der Waals surface area contributed by atoms with Gasteiger partial charge in [0.15, 0.2) is 0 Å². The molecule has 24 heavy (non-hydrogen) atoms. The fourth-order valence-corrected chi connectivity index (χ4v) is 3.31. The maximum atomic E-state index is 14.2. The number of benzene rings is 2. The molecule has 2 aromatic carbocycles. The minimum Gasteiger partial charge on any atom is -0.494 e. The SMILES string of the molecule is CCOc1ccc([C@@H]2CCCN2Cc2ccc(C#N)cc2F)cc1. The fourth-order valence-electron chi connectivity index (χ4n) is 3.31. The quantitative estimate of drug-likeness (QED) is 0.816. The molecule has 3 rings (SSSR count). The largest absolute Gasteiger partial charge is 0.494 e. The highest BCUT2D eigenvalue weighted by Crippen LogP contribution is 2.34. The van der Waals surface area contributed by atoms with Crippen LogP contribution in [-0.4, -0.2) is 18.1 Å². The molecule has 124 valence electrons. The second-order valence-corrected chi connectivity index (χ2v) is 6.05. The molecule has 2 aromatic rings. The Hall–Kier alpha value is -2.38. The van der Waals surface area contributed by atoms with Crippen LogP contribution in [-0.2, 0) is 6.54 Å². The van der Waals surface area contributed by atoms with E-state index in [0.29, 0.717) is 30.3 Å². The molecule has 1 heterocycles. The van der Waals surface area contributed by atoms with Gasteiger partial charge in [-0.3, -0.25) is 4.90 Å². The first kappa shape index (κ1) is 16.5. The maximum Gasteiger partial charge on any atom is 0.129 e. The summed E-state index contributed by atoms with van der Waals surface area (Å²) in [6, 6.07) is 15.2. The van der Waals surface area contributed by atoms with Gasteiger partial charge in [0, 0.05) is 18.2 Å². The van der Waals surface area contributed by atoms with E-state index in [1.807, 2.05) is 25.1 Å². The summed E-state index contributed by atoms with van der Waals surface area (Å²) in [5.41, 5.74) is 2.25. The number of likely N-dealkylation sites (tertiary alicyclic amines) is 1. The van der Waals surface area contributed by atoms with Crippen molar-refractivity contribution in [2.24, 2.45) is 0 Å². The van der Waals surface area contributed by atoms with Crippen molar-refractivity contribution in [3.05, 3.63) is 65.0 Å². The van der Waals surface area contributed by atoms with E-state index in [9.17, 15) is 4.39 Å². The van der Waals surface area contributed by atoms with E-state index in [0.717, 1.165) is 25.1 Å². The topological polar surface area (TPSA) is 36.3 Å². The van der Waals surface area contributed by atoms with Crippen molar-refractivity contribution in [2.75, 3.05) is 13.2 Å². The second-order valence-electron chi connectivity index (χ2n) is 6.05. The monoisotopic (exact) mass is 324 g/mol. The van der Waals surface area contributed by atoms with Crippen LogP contribution in [0.3, 0.4) is 0 Å². The van der Waals surface area contributed by atoms with Crippen molar-refractivity contribution < 1.29 is 9.13 Å². The summed E-state index contributed by atoms with van der Waals surface area (Å²) in [4.78, 5) is 2.31. The van der Waals surface area contributed by atoms with Crippen LogP contribution in [0, 0.1) is 17.1 Å². The predicted molar refractivity (Wildman–Crippen MR) is 91.1 cm³/mol. The van der Waals surface area contributed by atoms with Gasteiger partial charge in [-0.1, -0.05) is 18.2 Å². The van der Waals surface area contributed by atoms with Crippen molar-refractivity contribution in [1.29, 1.82) is 5.26 Å². The molecule has 0 spiro atoms. The van der Waals surface area contributed by atoms with Crippen LogP contribution < -0.4 is 4.74 Å². The van der Waals surface area contributed by atoms with E-state index in [-0.39, 0.29) is 5.82 Å². The molecule has 1 aliphatic rings. The van der Waals surface area contributed by atoms with Gasteiger partial charge in [-0.25, -0.2) is 4.39 Å². The Morgan fingerprint density at radius 3 is 2.71 bits per heavy atom. The van der Waals surface area contributed by atoms with Gasteiger partial charge in [-0.2, -0.15) is 5.26 Å². The van der Waals surface area contributed by atoms with Crippen LogP contribution in [0.1, 0.15) is 42.5 Å². The molecule has 4 heteroatoms. The molecule has 1 fully saturated rings. The number of nitriles is 1. The Bertz CT molecular complexity index is 736. The van der Waals surface area contributed by atoms with Crippen molar-refractivity contribution in [3.63, 3.8) is 0 Å². The Labute approximate surface area is 142 Å². The predicted octanol–water partition coefficient (Wildman–Crippen LogP) is 4.43. The number of halogens is 1. The number of nitrogens with zero attached hydrogens (tertiary/aromatic N) is 2. The third-order valence-electron chi connectivity index (χ3n) is 4.50. The van der Waals surface area contributed by atoms with Crippen molar-refractivity contribution in [2.45, 2.75) is 32.4 Å². The molecule has 0 radical (unpaired) electrons. The zero-order valence-corrected chi connectivity index (χ0v) is 13.8. The van der Waals surface area contributed by atoms with E-state index in [1.54, 1.807) is 12.1 Å². The molecule has 1 aliphatic heterocycles. The number of ether oxygens (including phenoxy) is 1. The second kappa shape index (κ2) is 7.46. The summed E-state index contributed by atoms with van der Waals surface area (Å²) in [7, 11) is 0. The first-order valence-electron chi connectivity index (χ1n) is 8.36. The highest BCUT2D eigenvalue weighted by Gasteiger charge is 2.26. The van der Waals surface area contributed by atoms with Crippen molar-refractivity contribution in [1.82, 2.24) is 4.90 Å². The van der Waals surface area contributed by atoms with Crippen molar-refractivity contribution >= 4 is 0 Å². The maximum absolute atomic E-state index is 14.2. The van der Waals surface area contributed by atoms with Gasteiger partial charge in [0.1, 0.15) is 11.6 Å². The minimum absolute atomic E-state index is 0.300. The molecular formula is C20H21FN2O. The van der Waals surface area contributed by atoms with Gasteiger partial charge in [-0.15, -0.1) is 0 Å². The van der Waals surface area contributed by atoms with Crippen LogP contribution in [0.5, 0.6) is 5.75 Å². The van der Waals surface area contributed by atoms with Crippen LogP contribution in [0.25, 0.3) is 0 Å². The van der Waals surface area contributed by atoms with E-state index < -0.39 is 0 Å². The van der Waals surface area contributed by atoms with Crippen LogP contribution in [0.4, 0.5) is 4.39 Å². The lowest BCUT2D eigenvalue weighted by molar-refractivity contribution is 0.245. The molecule has 0 bridgehead atoms. The molecule has 0 unspecified atom stereocenters. The molecule has 0 amide bonds. The van der Waals surface area contributed by atoms with Gasteiger partial charge < -0.3 is 4.74 Å². The molecule has 3 nitrogen and oxygen atoms in total. The summed E-state index contributed by atoms with van der Waals surface area (Å²) < 4.78 is 19.7. The van der Waals surface area contributed by atoms with Gasteiger partial charge in [0.2, 0.25) is 0 Å².